The lowest BCUT2D eigenvalue weighted by atomic mass is 10.2. The number of anilines is 3. The highest BCUT2D eigenvalue weighted by atomic mass is 19.1. The van der Waals surface area contributed by atoms with Crippen molar-refractivity contribution in [3.63, 3.8) is 0 Å². The summed E-state index contributed by atoms with van der Waals surface area (Å²) in [6.07, 6.45) is 1.05. The number of rotatable bonds is 6. The van der Waals surface area contributed by atoms with Gasteiger partial charge in [-0.15, -0.1) is 0 Å². The van der Waals surface area contributed by atoms with E-state index in [2.05, 4.69) is 25.7 Å². The van der Waals surface area contributed by atoms with E-state index in [1.165, 1.54) is 42.2 Å². The number of nitrogens with zero attached hydrogens (tertiary/aromatic N) is 6. The summed E-state index contributed by atoms with van der Waals surface area (Å²) < 4.78 is 35.6. The maximum atomic E-state index is 14.6. The molecule has 4 aromatic heterocycles. The van der Waals surface area contributed by atoms with Crippen LogP contribution in [0.25, 0.3) is 11.5 Å². The number of hydrogen-bond donors (Lipinski definition) is 2. The summed E-state index contributed by atoms with van der Waals surface area (Å²) >= 11 is 0. The average molecular weight is 553 g/mol. The Morgan fingerprint density at radius 3 is 2.60 bits per heavy atom. The van der Waals surface area contributed by atoms with Crippen molar-refractivity contribution in [1.29, 1.82) is 0 Å². The Balaban J connectivity index is 1.59. The molecule has 0 aliphatic heterocycles. The Bertz CT molecular complexity index is 1670. The molecule has 5 rings (SSSR count). The van der Waals surface area contributed by atoms with Crippen molar-refractivity contribution >= 4 is 35.0 Å². The summed E-state index contributed by atoms with van der Waals surface area (Å²) in [5, 5.41) is 9.64. The number of alkyl halides is 1. The average Bonchev–Trinajstić information content (AvgIpc) is 3.41. The van der Waals surface area contributed by atoms with Crippen LogP contribution < -0.4 is 21.1 Å². The van der Waals surface area contributed by atoms with Crippen LogP contribution in [0.15, 0.2) is 53.6 Å². The van der Waals surface area contributed by atoms with Gasteiger partial charge < -0.3 is 15.4 Å². The monoisotopic (exact) mass is 552 g/mol. The molecular weight excluding hydrogens is 526 g/mol. The van der Waals surface area contributed by atoms with E-state index in [9.17, 15) is 23.2 Å². The predicted octanol–water partition coefficient (Wildman–Crippen LogP) is 3.37. The topological polar surface area (TPSA) is 136 Å². The molecule has 2 N–H and O–H groups in total. The van der Waals surface area contributed by atoms with Crippen LogP contribution in [0.3, 0.4) is 0 Å². The van der Waals surface area contributed by atoms with E-state index in [1.54, 1.807) is 32.9 Å². The summed E-state index contributed by atoms with van der Waals surface area (Å²) in [4.78, 5) is 48.6. The first-order valence-electron chi connectivity index (χ1n) is 12.3. The van der Waals surface area contributed by atoms with Crippen molar-refractivity contribution in [3.05, 3.63) is 70.7 Å². The summed E-state index contributed by atoms with van der Waals surface area (Å²) in [6.45, 7) is 5.13. The van der Waals surface area contributed by atoms with E-state index < -0.39 is 41.3 Å². The number of aromatic nitrogens is 5. The molecule has 0 bridgehead atoms. The Hall–Kier alpha value is -4.88. The van der Waals surface area contributed by atoms with Gasteiger partial charge in [0.05, 0.1) is 12.2 Å². The fourth-order valence-corrected chi connectivity index (χ4v) is 3.84. The van der Waals surface area contributed by atoms with Gasteiger partial charge in [-0.3, -0.25) is 14.5 Å². The zero-order valence-corrected chi connectivity index (χ0v) is 22.1. The van der Waals surface area contributed by atoms with E-state index in [4.69, 9.17) is 4.74 Å². The number of halogens is 2. The number of carbonyl (C=O) groups excluding carboxylic acids is 2. The van der Waals surface area contributed by atoms with Crippen molar-refractivity contribution in [2.75, 3.05) is 17.3 Å². The molecule has 1 fully saturated rings. The lowest BCUT2D eigenvalue weighted by molar-refractivity contribution is 0.0587. The van der Waals surface area contributed by atoms with E-state index in [-0.39, 0.29) is 40.8 Å². The Morgan fingerprint density at radius 2 is 1.95 bits per heavy atom. The molecule has 0 aromatic carbocycles. The van der Waals surface area contributed by atoms with Gasteiger partial charge in [0.25, 0.3) is 11.5 Å². The molecule has 14 heteroatoms. The summed E-state index contributed by atoms with van der Waals surface area (Å²) in [6, 6.07) is 7.86. The molecule has 4 heterocycles. The van der Waals surface area contributed by atoms with Gasteiger partial charge in [-0.1, -0.05) is 6.07 Å². The van der Waals surface area contributed by atoms with Crippen LogP contribution in [-0.4, -0.2) is 61.0 Å². The second-order valence-electron chi connectivity index (χ2n) is 10.2. The minimum Gasteiger partial charge on any atom is -0.443 e. The number of hydrogen-bond acceptors (Lipinski definition) is 8. The smallest absolute Gasteiger partial charge is 0.415 e. The lowest BCUT2D eigenvalue weighted by Gasteiger charge is -2.25. The fourth-order valence-electron chi connectivity index (χ4n) is 3.84. The molecule has 1 saturated carbocycles. The third-order valence-corrected chi connectivity index (χ3v) is 5.91. The van der Waals surface area contributed by atoms with Gasteiger partial charge >= 0.3 is 6.09 Å². The minimum absolute atomic E-state index is 0.0200. The molecule has 0 saturated heterocycles. The number of pyridine rings is 2. The quantitative estimate of drug-likeness (QED) is 0.348. The van der Waals surface area contributed by atoms with E-state index in [1.807, 2.05) is 0 Å². The standard InChI is InChI=1S/C26H26F2N8O4/c1-26(2,3)40-25(39)34(4)21-12-19(33-22-14(13-30-36(21)22)23(37)32-17-11-15(17)27)31-16-8-9-18(28)35(24(16)38)20-7-5-6-10-29-20/h5-10,12-13,15,17H,11H2,1-4H3,(H,31,33)(H,32,37). The molecule has 2 amide bonds. The SMILES string of the molecule is CN(C(=O)OC(C)(C)C)c1cc(Nc2ccc(F)n(-c3ccccn3)c2=O)nc2c(C(=O)NC3CC3F)cnn12. The van der Waals surface area contributed by atoms with Crippen molar-refractivity contribution < 1.29 is 23.1 Å². The van der Waals surface area contributed by atoms with Gasteiger partial charge in [-0.2, -0.15) is 14.0 Å². The number of ether oxygens (including phenoxy) is 1. The van der Waals surface area contributed by atoms with Crippen LogP contribution >= 0.6 is 0 Å². The molecule has 1 aliphatic rings. The number of carbonyl (C=O) groups is 2. The van der Waals surface area contributed by atoms with Crippen LogP contribution in [0.5, 0.6) is 0 Å². The summed E-state index contributed by atoms with van der Waals surface area (Å²) in [5.41, 5.74) is -1.57. The van der Waals surface area contributed by atoms with Crippen LogP contribution in [-0.2, 0) is 4.74 Å². The number of fused-ring (bicyclic) bond motifs is 1. The van der Waals surface area contributed by atoms with Crippen LogP contribution in [0.2, 0.25) is 0 Å². The molecule has 4 aromatic rings. The van der Waals surface area contributed by atoms with Crippen molar-refractivity contribution in [2.45, 2.75) is 45.0 Å². The third-order valence-electron chi connectivity index (χ3n) is 5.91. The van der Waals surface area contributed by atoms with Crippen molar-refractivity contribution in [3.8, 4) is 5.82 Å². The highest BCUT2D eigenvalue weighted by molar-refractivity contribution is 6.01. The molecular formula is C26H26F2N8O4. The van der Waals surface area contributed by atoms with Gasteiger partial charge in [0, 0.05) is 25.7 Å². The molecule has 1 aliphatic carbocycles. The van der Waals surface area contributed by atoms with Gasteiger partial charge in [-0.05, 0) is 45.0 Å². The van der Waals surface area contributed by atoms with E-state index in [0.717, 1.165) is 15.5 Å². The normalized spacial score (nSPS) is 16.4. The van der Waals surface area contributed by atoms with Crippen molar-refractivity contribution in [2.24, 2.45) is 0 Å². The highest BCUT2D eigenvalue weighted by Crippen LogP contribution is 2.27. The molecule has 208 valence electrons. The van der Waals surface area contributed by atoms with E-state index in [0.29, 0.717) is 0 Å². The maximum absolute atomic E-state index is 14.6. The highest BCUT2D eigenvalue weighted by Gasteiger charge is 2.39. The van der Waals surface area contributed by atoms with Crippen molar-refractivity contribution in [1.82, 2.24) is 29.5 Å². The van der Waals surface area contributed by atoms with Gasteiger partial charge in [0.15, 0.2) is 5.65 Å². The molecule has 2 unspecified atom stereocenters. The number of amides is 2. The second kappa shape index (κ2) is 10.0. The first kappa shape index (κ1) is 26.7. The first-order chi connectivity index (χ1) is 18.9. The molecule has 40 heavy (non-hydrogen) atoms. The minimum atomic E-state index is -1.12. The molecule has 0 radical (unpaired) electrons. The first-order valence-corrected chi connectivity index (χ1v) is 12.3. The predicted molar refractivity (Wildman–Crippen MR) is 141 cm³/mol. The molecule has 2 atom stereocenters. The van der Waals surface area contributed by atoms with Gasteiger partial charge in [0.1, 0.15) is 40.5 Å². The zero-order chi connectivity index (χ0) is 28.8. The number of nitrogens with one attached hydrogen (secondary N) is 2. The van der Waals surface area contributed by atoms with Crippen LogP contribution in [0.4, 0.5) is 30.9 Å². The second-order valence-corrected chi connectivity index (χ2v) is 10.2. The maximum Gasteiger partial charge on any atom is 0.415 e. The van der Waals surface area contributed by atoms with Gasteiger partial charge in [0.2, 0.25) is 5.95 Å². The van der Waals surface area contributed by atoms with E-state index >= 15 is 0 Å². The Kier molecular flexibility index (Phi) is 6.69. The van der Waals surface area contributed by atoms with Crippen LogP contribution in [0, 0.1) is 5.95 Å². The Morgan fingerprint density at radius 1 is 1.20 bits per heavy atom. The lowest BCUT2D eigenvalue weighted by Crippen LogP contribution is -2.35. The van der Waals surface area contributed by atoms with Gasteiger partial charge in [-0.25, -0.2) is 23.7 Å². The third kappa shape index (κ3) is 5.32. The largest absolute Gasteiger partial charge is 0.443 e. The molecule has 12 nitrogen and oxygen atoms in total. The molecule has 0 spiro atoms. The van der Waals surface area contributed by atoms with Crippen LogP contribution in [0.1, 0.15) is 37.6 Å². The summed E-state index contributed by atoms with van der Waals surface area (Å²) in [7, 11) is 1.44. The Labute approximate surface area is 226 Å². The fraction of sp³-hybridized carbons (Fsp3) is 0.308. The zero-order valence-electron chi connectivity index (χ0n) is 22.1. The summed E-state index contributed by atoms with van der Waals surface area (Å²) in [5.74, 6) is -1.18.